The lowest BCUT2D eigenvalue weighted by atomic mass is 10.0. The number of aliphatic hydroxyl groups excluding tert-OH is 2. The maximum absolute atomic E-state index is 10.0. The van der Waals surface area contributed by atoms with Crippen LogP contribution < -0.4 is 4.74 Å². The molecule has 0 aliphatic heterocycles. The van der Waals surface area contributed by atoms with Gasteiger partial charge in [-0.25, -0.2) is 0 Å². The lowest BCUT2D eigenvalue weighted by Gasteiger charge is -2.18. The fourth-order valence-electron chi connectivity index (χ4n) is 1.91. The highest BCUT2D eigenvalue weighted by Gasteiger charge is 2.18. The predicted molar refractivity (Wildman–Crippen MR) is 80.4 cm³/mol. The molecule has 0 saturated carbocycles. The molecule has 0 aliphatic rings. The molecule has 0 amide bonds. The van der Waals surface area contributed by atoms with E-state index in [-0.39, 0.29) is 6.61 Å². The molecule has 2 atom stereocenters. The van der Waals surface area contributed by atoms with Crippen molar-refractivity contribution in [2.24, 2.45) is 0 Å². The summed E-state index contributed by atoms with van der Waals surface area (Å²) >= 11 is 0. The molecule has 4 heteroatoms. The van der Waals surface area contributed by atoms with Crippen LogP contribution in [0.5, 0.6) is 11.5 Å². The van der Waals surface area contributed by atoms with E-state index < -0.39 is 12.2 Å². The smallest absolute Gasteiger partial charge is 0.127 e. The minimum atomic E-state index is -0.970. The third-order valence-corrected chi connectivity index (χ3v) is 3.06. The molecular weight excluding hydrogens is 268 g/mol. The summed E-state index contributed by atoms with van der Waals surface area (Å²) < 4.78 is 10.8. The summed E-state index contributed by atoms with van der Waals surface area (Å²) in [5, 5.41) is 19.8. The van der Waals surface area contributed by atoms with Crippen molar-refractivity contribution in [3.8, 4) is 11.5 Å². The molecule has 0 radical (unpaired) electrons. The number of ether oxygens (including phenoxy) is 2. The first kappa shape index (κ1) is 15.5. The van der Waals surface area contributed by atoms with Crippen molar-refractivity contribution in [3.05, 3.63) is 60.2 Å². The summed E-state index contributed by atoms with van der Waals surface area (Å²) in [6.07, 6.45) is -1.91. The van der Waals surface area contributed by atoms with Crippen molar-refractivity contribution in [2.75, 3.05) is 13.2 Å². The maximum atomic E-state index is 10.0. The molecule has 0 bridgehead atoms. The second-order valence-electron chi connectivity index (χ2n) is 4.66. The van der Waals surface area contributed by atoms with E-state index in [9.17, 15) is 10.2 Å². The van der Waals surface area contributed by atoms with Gasteiger partial charge in [-0.05, 0) is 36.8 Å². The van der Waals surface area contributed by atoms with Gasteiger partial charge >= 0.3 is 0 Å². The van der Waals surface area contributed by atoms with Gasteiger partial charge in [-0.15, -0.1) is 0 Å². The summed E-state index contributed by atoms with van der Waals surface area (Å²) in [6, 6.07) is 16.5. The van der Waals surface area contributed by atoms with Gasteiger partial charge in [0.25, 0.3) is 0 Å². The molecule has 2 aromatic rings. The molecule has 4 nitrogen and oxygen atoms in total. The van der Waals surface area contributed by atoms with Crippen LogP contribution in [0.3, 0.4) is 0 Å². The lowest BCUT2D eigenvalue weighted by Crippen LogP contribution is -2.23. The molecule has 0 aromatic heterocycles. The largest absolute Gasteiger partial charge is 0.457 e. The van der Waals surface area contributed by atoms with Gasteiger partial charge < -0.3 is 19.7 Å². The van der Waals surface area contributed by atoms with E-state index in [1.807, 2.05) is 37.3 Å². The zero-order chi connectivity index (χ0) is 15.1. The summed E-state index contributed by atoms with van der Waals surface area (Å²) in [6.45, 7) is 2.46. The number of hydrogen-bond donors (Lipinski definition) is 2. The average Bonchev–Trinajstić information content (AvgIpc) is 2.53. The van der Waals surface area contributed by atoms with E-state index in [2.05, 4.69) is 0 Å². The van der Waals surface area contributed by atoms with Gasteiger partial charge in [0.1, 0.15) is 23.7 Å². The predicted octanol–water partition coefficient (Wildman–Crippen LogP) is 2.91. The minimum Gasteiger partial charge on any atom is -0.457 e. The maximum Gasteiger partial charge on any atom is 0.127 e. The normalized spacial score (nSPS) is 13.7. The van der Waals surface area contributed by atoms with Crippen LogP contribution in [-0.2, 0) is 4.74 Å². The van der Waals surface area contributed by atoms with Gasteiger partial charge in [0.05, 0.1) is 6.61 Å². The van der Waals surface area contributed by atoms with E-state index in [1.54, 1.807) is 24.3 Å². The Hall–Kier alpha value is -1.88. The Bertz CT molecular complexity index is 524. The number of aliphatic hydroxyl groups is 2. The Morgan fingerprint density at radius 2 is 1.52 bits per heavy atom. The van der Waals surface area contributed by atoms with Crippen molar-refractivity contribution < 1.29 is 19.7 Å². The topological polar surface area (TPSA) is 58.9 Å². The third kappa shape index (κ3) is 4.56. The van der Waals surface area contributed by atoms with Crippen LogP contribution in [0.1, 0.15) is 18.6 Å². The second kappa shape index (κ2) is 7.78. The molecular formula is C17H20O4. The monoisotopic (exact) mass is 288 g/mol. The Morgan fingerprint density at radius 1 is 0.905 bits per heavy atom. The first-order valence-electron chi connectivity index (χ1n) is 6.97. The van der Waals surface area contributed by atoms with Gasteiger partial charge in [-0.2, -0.15) is 0 Å². The highest BCUT2D eigenvalue weighted by molar-refractivity contribution is 5.33. The number of para-hydroxylation sites is 1. The van der Waals surface area contributed by atoms with Crippen LogP contribution in [0.25, 0.3) is 0 Å². The molecule has 0 aliphatic carbocycles. The molecule has 112 valence electrons. The van der Waals surface area contributed by atoms with Gasteiger partial charge in [-0.3, -0.25) is 0 Å². The van der Waals surface area contributed by atoms with Crippen LogP contribution in [0, 0.1) is 0 Å². The Morgan fingerprint density at radius 3 is 2.14 bits per heavy atom. The second-order valence-corrected chi connectivity index (χ2v) is 4.66. The molecule has 0 fully saturated rings. The number of benzene rings is 2. The molecule has 21 heavy (non-hydrogen) atoms. The Kier molecular flexibility index (Phi) is 5.75. The van der Waals surface area contributed by atoms with Gasteiger partial charge in [-0.1, -0.05) is 30.3 Å². The summed E-state index contributed by atoms with van der Waals surface area (Å²) in [5.41, 5.74) is 0.627. The van der Waals surface area contributed by atoms with Crippen molar-refractivity contribution in [3.63, 3.8) is 0 Å². The van der Waals surface area contributed by atoms with Crippen LogP contribution in [0.2, 0.25) is 0 Å². The van der Waals surface area contributed by atoms with Crippen LogP contribution in [0.4, 0.5) is 0 Å². The number of hydrogen-bond acceptors (Lipinski definition) is 4. The van der Waals surface area contributed by atoms with Gasteiger partial charge in [0.2, 0.25) is 0 Å². The highest BCUT2D eigenvalue weighted by Crippen LogP contribution is 2.24. The Balaban J connectivity index is 1.98. The SMILES string of the molecule is CCOCC(O)C(O)c1ccc(Oc2ccccc2)cc1. The Labute approximate surface area is 124 Å². The van der Waals surface area contributed by atoms with Crippen molar-refractivity contribution in [1.29, 1.82) is 0 Å². The molecule has 2 rings (SSSR count). The quantitative estimate of drug-likeness (QED) is 0.822. The van der Waals surface area contributed by atoms with Crippen LogP contribution in [-0.4, -0.2) is 29.5 Å². The van der Waals surface area contributed by atoms with E-state index in [1.165, 1.54) is 0 Å². The summed E-state index contributed by atoms with van der Waals surface area (Å²) in [7, 11) is 0. The molecule has 2 unspecified atom stereocenters. The van der Waals surface area contributed by atoms with Gasteiger partial charge in [0.15, 0.2) is 0 Å². The third-order valence-electron chi connectivity index (χ3n) is 3.06. The molecule has 2 aromatic carbocycles. The standard InChI is InChI=1S/C17H20O4/c1-2-20-12-16(18)17(19)13-8-10-15(11-9-13)21-14-6-4-3-5-7-14/h3-11,16-19H,2,12H2,1H3. The fourth-order valence-corrected chi connectivity index (χ4v) is 1.91. The summed E-state index contributed by atoms with van der Waals surface area (Å²) in [5.74, 6) is 1.43. The van der Waals surface area contributed by atoms with E-state index >= 15 is 0 Å². The lowest BCUT2D eigenvalue weighted by molar-refractivity contribution is -0.0367. The van der Waals surface area contributed by atoms with Crippen LogP contribution >= 0.6 is 0 Å². The van der Waals surface area contributed by atoms with Gasteiger partial charge in [0, 0.05) is 6.61 Å². The molecule has 2 N–H and O–H groups in total. The van der Waals surface area contributed by atoms with E-state index in [0.29, 0.717) is 17.9 Å². The van der Waals surface area contributed by atoms with E-state index in [4.69, 9.17) is 9.47 Å². The first-order valence-corrected chi connectivity index (χ1v) is 6.97. The summed E-state index contributed by atoms with van der Waals surface area (Å²) in [4.78, 5) is 0. The molecule has 0 saturated heterocycles. The van der Waals surface area contributed by atoms with Crippen LogP contribution in [0.15, 0.2) is 54.6 Å². The fraction of sp³-hybridized carbons (Fsp3) is 0.294. The van der Waals surface area contributed by atoms with Crippen molar-refractivity contribution >= 4 is 0 Å². The van der Waals surface area contributed by atoms with Crippen molar-refractivity contribution in [1.82, 2.24) is 0 Å². The molecule has 0 heterocycles. The van der Waals surface area contributed by atoms with Crippen molar-refractivity contribution in [2.45, 2.75) is 19.1 Å². The minimum absolute atomic E-state index is 0.111. The average molecular weight is 288 g/mol. The first-order chi connectivity index (χ1) is 10.2. The zero-order valence-electron chi connectivity index (χ0n) is 12.0. The number of rotatable bonds is 7. The van der Waals surface area contributed by atoms with E-state index in [0.717, 1.165) is 5.75 Å². The highest BCUT2D eigenvalue weighted by atomic mass is 16.5. The molecule has 0 spiro atoms. The zero-order valence-corrected chi connectivity index (χ0v) is 12.0.